The molecule has 0 bridgehead atoms. The molecule has 0 aliphatic heterocycles. The minimum Gasteiger partial charge on any atom is -0.338 e. The number of nitrogens with one attached hydrogen (secondary N) is 3. The van der Waals surface area contributed by atoms with Crippen LogP contribution in [0.15, 0.2) is 42.5 Å². The summed E-state index contributed by atoms with van der Waals surface area (Å²) in [5.74, 6) is 0.519. The molecule has 2 aromatic carbocycles. The van der Waals surface area contributed by atoms with E-state index < -0.39 is 0 Å². The molecule has 0 atom stereocenters. The zero-order chi connectivity index (χ0) is 16.9. The lowest BCUT2D eigenvalue weighted by molar-refractivity contribution is 0.252. The Labute approximate surface area is 140 Å². The fourth-order valence-electron chi connectivity index (χ4n) is 2.57. The van der Waals surface area contributed by atoms with Crippen molar-refractivity contribution >= 4 is 22.8 Å². The van der Waals surface area contributed by atoms with E-state index in [1.165, 1.54) is 5.56 Å². The quantitative estimate of drug-likeness (QED) is 0.543. The van der Waals surface area contributed by atoms with Gasteiger partial charge in [-0.15, -0.1) is 0 Å². The molecule has 6 nitrogen and oxygen atoms in total. The third kappa shape index (κ3) is 3.55. The SMILES string of the molecule is Cc1cccc(-c2ccc3c(NC(=O)NCCCN)n[nH]c3c2)c1. The summed E-state index contributed by atoms with van der Waals surface area (Å²) < 4.78 is 0. The zero-order valence-electron chi connectivity index (χ0n) is 13.6. The standard InChI is InChI=1S/C18H21N5O/c1-12-4-2-5-13(10-12)14-6-7-15-16(11-14)22-23-17(15)21-18(24)20-9-3-8-19/h2,4-7,10-11H,3,8-9,19H2,1H3,(H3,20,21,22,23,24). The number of carbonyl (C=O) groups excluding carboxylic acids is 1. The van der Waals surface area contributed by atoms with E-state index in [9.17, 15) is 4.79 Å². The van der Waals surface area contributed by atoms with Gasteiger partial charge in [0.25, 0.3) is 0 Å². The summed E-state index contributed by atoms with van der Waals surface area (Å²) in [6.45, 7) is 3.17. The van der Waals surface area contributed by atoms with Crippen molar-refractivity contribution < 1.29 is 4.79 Å². The van der Waals surface area contributed by atoms with Crippen molar-refractivity contribution in [2.45, 2.75) is 13.3 Å². The number of nitrogens with zero attached hydrogens (tertiary/aromatic N) is 1. The number of anilines is 1. The lowest BCUT2D eigenvalue weighted by Crippen LogP contribution is -2.30. The first-order valence-electron chi connectivity index (χ1n) is 7.97. The molecular weight excluding hydrogens is 302 g/mol. The molecule has 2 amide bonds. The monoisotopic (exact) mass is 323 g/mol. The summed E-state index contributed by atoms with van der Waals surface area (Å²) in [4.78, 5) is 11.8. The number of rotatable bonds is 5. The van der Waals surface area contributed by atoms with Crippen LogP contribution < -0.4 is 16.4 Å². The molecule has 6 heteroatoms. The van der Waals surface area contributed by atoms with Crippen molar-refractivity contribution in [3.63, 3.8) is 0 Å². The second-order valence-electron chi connectivity index (χ2n) is 5.73. The Morgan fingerprint density at radius 1 is 1.21 bits per heavy atom. The van der Waals surface area contributed by atoms with Gasteiger partial charge in [-0.1, -0.05) is 35.9 Å². The van der Waals surface area contributed by atoms with Crippen LogP contribution in [0.25, 0.3) is 22.0 Å². The fraction of sp³-hybridized carbons (Fsp3) is 0.222. The lowest BCUT2D eigenvalue weighted by Gasteiger charge is -2.05. The summed E-state index contributed by atoms with van der Waals surface area (Å²) in [7, 11) is 0. The van der Waals surface area contributed by atoms with Gasteiger partial charge in [0.15, 0.2) is 5.82 Å². The number of H-pyrrole nitrogens is 1. The lowest BCUT2D eigenvalue weighted by atomic mass is 10.0. The van der Waals surface area contributed by atoms with Crippen LogP contribution in [0.1, 0.15) is 12.0 Å². The number of urea groups is 1. The largest absolute Gasteiger partial charge is 0.338 e. The molecule has 0 unspecified atom stereocenters. The van der Waals surface area contributed by atoms with Gasteiger partial charge in [0.05, 0.1) is 5.52 Å². The molecule has 0 spiro atoms. The summed E-state index contributed by atoms with van der Waals surface area (Å²) in [6.07, 6.45) is 0.745. The van der Waals surface area contributed by atoms with Crippen LogP contribution in [0, 0.1) is 6.92 Å². The number of benzene rings is 2. The minimum atomic E-state index is -0.278. The number of aryl methyl sites for hydroxylation is 1. The molecule has 0 aliphatic carbocycles. The molecule has 0 saturated carbocycles. The molecule has 3 rings (SSSR count). The number of hydrogen-bond acceptors (Lipinski definition) is 3. The zero-order valence-corrected chi connectivity index (χ0v) is 13.6. The maximum atomic E-state index is 11.8. The van der Waals surface area contributed by atoms with Crippen LogP contribution in [0.4, 0.5) is 10.6 Å². The van der Waals surface area contributed by atoms with Crippen molar-refractivity contribution in [1.29, 1.82) is 0 Å². The van der Waals surface area contributed by atoms with Crippen molar-refractivity contribution in [1.82, 2.24) is 15.5 Å². The highest BCUT2D eigenvalue weighted by Crippen LogP contribution is 2.27. The topological polar surface area (TPSA) is 95.8 Å². The summed E-state index contributed by atoms with van der Waals surface area (Å²) >= 11 is 0. The first-order chi connectivity index (χ1) is 11.7. The average Bonchev–Trinajstić information content (AvgIpc) is 2.97. The van der Waals surface area contributed by atoms with E-state index >= 15 is 0 Å². The molecule has 0 fully saturated rings. The van der Waals surface area contributed by atoms with Gasteiger partial charge in [-0.25, -0.2) is 4.79 Å². The first-order valence-corrected chi connectivity index (χ1v) is 7.97. The number of aromatic amines is 1. The number of nitrogens with two attached hydrogens (primary N) is 1. The van der Waals surface area contributed by atoms with Crippen molar-refractivity contribution in [3.05, 3.63) is 48.0 Å². The van der Waals surface area contributed by atoms with Crippen LogP contribution in [-0.2, 0) is 0 Å². The van der Waals surface area contributed by atoms with Crippen LogP contribution in [0.2, 0.25) is 0 Å². The fourth-order valence-corrected chi connectivity index (χ4v) is 2.57. The third-order valence-electron chi connectivity index (χ3n) is 3.81. The molecule has 3 aromatic rings. The van der Waals surface area contributed by atoms with Gasteiger partial charge < -0.3 is 11.1 Å². The van der Waals surface area contributed by atoms with Crippen LogP contribution in [-0.4, -0.2) is 29.3 Å². The van der Waals surface area contributed by atoms with Gasteiger partial charge >= 0.3 is 6.03 Å². The smallest absolute Gasteiger partial charge is 0.320 e. The predicted molar refractivity (Wildman–Crippen MR) is 97.0 cm³/mol. The second kappa shape index (κ2) is 7.14. The highest BCUT2D eigenvalue weighted by Gasteiger charge is 2.10. The van der Waals surface area contributed by atoms with E-state index in [4.69, 9.17) is 5.73 Å². The van der Waals surface area contributed by atoms with Gasteiger partial charge in [0, 0.05) is 11.9 Å². The van der Waals surface area contributed by atoms with E-state index in [2.05, 4.69) is 46.0 Å². The summed E-state index contributed by atoms with van der Waals surface area (Å²) in [5, 5.41) is 13.5. The molecule has 0 saturated heterocycles. The van der Waals surface area contributed by atoms with Gasteiger partial charge in [-0.3, -0.25) is 10.4 Å². The third-order valence-corrected chi connectivity index (χ3v) is 3.81. The number of aromatic nitrogens is 2. The molecular formula is C18H21N5O. The number of amides is 2. The summed E-state index contributed by atoms with van der Waals surface area (Å²) in [5.41, 5.74) is 9.76. The highest BCUT2D eigenvalue weighted by atomic mass is 16.2. The molecule has 24 heavy (non-hydrogen) atoms. The Bertz CT molecular complexity index is 855. The van der Waals surface area contributed by atoms with Crippen molar-refractivity contribution in [3.8, 4) is 11.1 Å². The predicted octanol–water partition coefficient (Wildman–Crippen LogP) is 3.01. The number of fused-ring (bicyclic) bond motifs is 1. The van der Waals surface area contributed by atoms with Crippen LogP contribution >= 0.6 is 0 Å². The Morgan fingerprint density at radius 3 is 2.83 bits per heavy atom. The normalized spacial score (nSPS) is 10.8. The summed E-state index contributed by atoms with van der Waals surface area (Å²) in [6, 6.07) is 14.1. The van der Waals surface area contributed by atoms with E-state index in [1.54, 1.807) is 0 Å². The molecule has 0 radical (unpaired) electrons. The Hall–Kier alpha value is -2.86. The van der Waals surface area contributed by atoms with Crippen molar-refractivity contribution in [2.24, 2.45) is 5.73 Å². The maximum Gasteiger partial charge on any atom is 0.320 e. The van der Waals surface area contributed by atoms with E-state index in [0.717, 1.165) is 28.5 Å². The molecule has 1 aromatic heterocycles. The number of hydrogen-bond donors (Lipinski definition) is 4. The van der Waals surface area contributed by atoms with Crippen LogP contribution in [0.3, 0.4) is 0 Å². The van der Waals surface area contributed by atoms with Gasteiger partial charge in [-0.05, 0) is 43.1 Å². The molecule has 5 N–H and O–H groups in total. The second-order valence-corrected chi connectivity index (χ2v) is 5.73. The molecule has 124 valence electrons. The molecule has 0 aliphatic rings. The van der Waals surface area contributed by atoms with Gasteiger partial charge in [0.2, 0.25) is 0 Å². The highest BCUT2D eigenvalue weighted by molar-refractivity contribution is 6.00. The van der Waals surface area contributed by atoms with E-state index in [-0.39, 0.29) is 6.03 Å². The first kappa shape index (κ1) is 16.0. The molecule has 1 heterocycles. The van der Waals surface area contributed by atoms with Gasteiger partial charge in [0.1, 0.15) is 0 Å². The van der Waals surface area contributed by atoms with E-state index in [0.29, 0.717) is 18.9 Å². The minimum absolute atomic E-state index is 0.278. The Kier molecular flexibility index (Phi) is 4.77. The van der Waals surface area contributed by atoms with Gasteiger partial charge in [-0.2, -0.15) is 5.10 Å². The van der Waals surface area contributed by atoms with Crippen LogP contribution in [0.5, 0.6) is 0 Å². The Balaban J connectivity index is 1.80. The van der Waals surface area contributed by atoms with E-state index in [1.807, 2.05) is 24.3 Å². The van der Waals surface area contributed by atoms with Crippen molar-refractivity contribution in [2.75, 3.05) is 18.4 Å². The maximum absolute atomic E-state index is 11.8. The Morgan fingerprint density at radius 2 is 2.04 bits per heavy atom. The average molecular weight is 323 g/mol. The number of carbonyl (C=O) groups is 1.